The number of piperazine rings is 1. The van der Waals surface area contributed by atoms with Gasteiger partial charge in [0.15, 0.2) is 11.5 Å². The molecule has 0 atom stereocenters. The zero-order chi connectivity index (χ0) is 20.8. The maximum atomic E-state index is 12.8. The third-order valence-corrected chi connectivity index (χ3v) is 5.04. The van der Waals surface area contributed by atoms with Crippen molar-refractivity contribution in [1.82, 2.24) is 9.80 Å². The third kappa shape index (κ3) is 4.86. The van der Waals surface area contributed by atoms with Crippen LogP contribution in [0.5, 0.6) is 11.5 Å². The summed E-state index contributed by atoms with van der Waals surface area (Å²) in [6, 6.07) is 12.6. The van der Waals surface area contributed by atoms with Crippen LogP contribution in [-0.2, 0) is 11.3 Å². The lowest BCUT2D eigenvalue weighted by Gasteiger charge is -2.35. The number of amides is 1. The fraction of sp³-hybridized carbons (Fsp3) is 0.364. The van der Waals surface area contributed by atoms with Crippen LogP contribution < -0.4 is 9.47 Å². The lowest BCUT2D eigenvalue weighted by Crippen LogP contribution is -2.48. The predicted molar refractivity (Wildman–Crippen MR) is 109 cm³/mol. The van der Waals surface area contributed by atoms with Gasteiger partial charge < -0.3 is 19.1 Å². The first kappa shape index (κ1) is 20.7. The first-order valence-electron chi connectivity index (χ1n) is 9.46. The quantitative estimate of drug-likeness (QED) is 0.697. The summed E-state index contributed by atoms with van der Waals surface area (Å²) < 4.78 is 15.4. The van der Waals surface area contributed by atoms with Gasteiger partial charge in [-0.25, -0.2) is 4.79 Å². The molecule has 0 aliphatic carbocycles. The molecule has 1 amide bonds. The van der Waals surface area contributed by atoms with Crippen LogP contribution >= 0.6 is 0 Å². The van der Waals surface area contributed by atoms with Crippen LogP contribution in [0.4, 0.5) is 0 Å². The van der Waals surface area contributed by atoms with E-state index >= 15 is 0 Å². The zero-order valence-electron chi connectivity index (χ0n) is 17.0. The van der Waals surface area contributed by atoms with Crippen LogP contribution in [-0.4, -0.2) is 69.2 Å². The van der Waals surface area contributed by atoms with E-state index in [9.17, 15) is 9.59 Å². The molecule has 29 heavy (non-hydrogen) atoms. The summed E-state index contributed by atoms with van der Waals surface area (Å²) in [6.45, 7) is 3.59. The minimum Gasteiger partial charge on any atom is -0.493 e. The van der Waals surface area contributed by atoms with Crippen molar-refractivity contribution in [2.45, 2.75) is 6.54 Å². The van der Waals surface area contributed by atoms with Crippen molar-refractivity contribution in [2.24, 2.45) is 0 Å². The van der Waals surface area contributed by atoms with Gasteiger partial charge in [-0.05, 0) is 35.9 Å². The first-order valence-corrected chi connectivity index (χ1v) is 9.46. The highest BCUT2D eigenvalue weighted by Gasteiger charge is 2.23. The number of nitrogens with zero attached hydrogens (tertiary/aromatic N) is 2. The van der Waals surface area contributed by atoms with Crippen LogP contribution in [0.1, 0.15) is 26.3 Å². The molecule has 0 saturated carbocycles. The molecule has 2 aromatic rings. The van der Waals surface area contributed by atoms with Gasteiger partial charge in [0.25, 0.3) is 5.91 Å². The maximum absolute atomic E-state index is 12.8. The second kappa shape index (κ2) is 9.43. The third-order valence-electron chi connectivity index (χ3n) is 5.04. The molecule has 7 nitrogen and oxygen atoms in total. The zero-order valence-corrected chi connectivity index (χ0v) is 17.0. The highest BCUT2D eigenvalue weighted by atomic mass is 16.5. The number of rotatable bonds is 6. The number of ether oxygens (including phenoxy) is 3. The van der Waals surface area contributed by atoms with Crippen molar-refractivity contribution < 1.29 is 23.8 Å². The van der Waals surface area contributed by atoms with Gasteiger partial charge >= 0.3 is 5.97 Å². The van der Waals surface area contributed by atoms with Gasteiger partial charge in [-0.15, -0.1) is 0 Å². The van der Waals surface area contributed by atoms with Gasteiger partial charge in [0, 0.05) is 38.3 Å². The van der Waals surface area contributed by atoms with Crippen LogP contribution in [0.3, 0.4) is 0 Å². The first-order chi connectivity index (χ1) is 14.0. The molecule has 0 spiro atoms. The Morgan fingerprint density at radius 1 is 0.862 bits per heavy atom. The number of esters is 1. The summed E-state index contributed by atoms with van der Waals surface area (Å²) in [5.41, 5.74) is 2.01. The van der Waals surface area contributed by atoms with E-state index in [0.717, 1.165) is 25.2 Å². The highest BCUT2D eigenvalue weighted by Crippen LogP contribution is 2.28. The van der Waals surface area contributed by atoms with E-state index in [1.165, 1.54) is 7.11 Å². The number of hydrogen-bond donors (Lipinski definition) is 0. The fourth-order valence-corrected chi connectivity index (χ4v) is 3.43. The van der Waals surface area contributed by atoms with E-state index in [0.29, 0.717) is 35.7 Å². The van der Waals surface area contributed by atoms with Crippen LogP contribution in [0.15, 0.2) is 42.5 Å². The largest absolute Gasteiger partial charge is 0.493 e. The van der Waals surface area contributed by atoms with Gasteiger partial charge in [-0.1, -0.05) is 12.1 Å². The number of carbonyl (C=O) groups is 2. The van der Waals surface area contributed by atoms with Crippen molar-refractivity contribution >= 4 is 11.9 Å². The average Bonchev–Trinajstić information content (AvgIpc) is 2.78. The number of carbonyl (C=O) groups excluding carboxylic acids is 2. The Bertz CT molecular complexity index is 875. The monoisotopic (exact) mass is 398 g/mol. The number of methoxy groups -OCH3 is 3. The topological polar surface area (TPSA) is 68.3 Å². The molecular formula is C22H26N2O5. The van der Waals surface area contributed by atoms with Crippen LogP contribution in [0.25, 0.3) is 0 Å². The Kier molecular flexibility index (Phi) is 6.72. The predicted octanol–water partition coefficient (Wildman–Crippen LogP) is 2.45. The SMILES string of the molecule is COC(=O)c1cccc(C(=O)N2CCN(Cc3ccc(OC)c(OC)c3)CC2)c1. The summed E-state index contributed by atoms with van der Waals surface area (Å²) in [6.07, 6.45) is 0. The Morgan fingerprint density at radius 3 is 2.21 bits per heavy atom. The standard InChI is InChI=1S/C22H26N2O5/c1-27-19-8-7-16(13-20(19)28-2)15-23-9-11-24(12-10-23)21(25)17-5-4-6-18(14-17)22(26)29-3/h4-8,13-14H,9-12,15H2,1-3H3. The highest BCUT2D eigenvalue weighted by molar-refractivity contribution is 5.98. The molecule has 3 rings (SSSR count). The van der Waals surface area contributed by atoms with E-state index in [1.54, 1.807) is 38.5 Å². The molecule has 1 aliphatic rings. The smallest absolute Gasteiger partial charge is 0.337 e. The van der Waals surface area contributed by atoms with Gasteiger partial charge in [0.1, 0.15) is 0 Å². The Morgan fingerprint density at radius 2 is 1.55 bits per heavy atom. The van der Waals surface area contributed by atoms with Crippen LogP contribution in [0.2, 0.25) is 0 Å². The minimum absolute atomic E-state index is 0.0680. The van der Waals surface area contributed by atoms with Crippen molar-refractivity contribution in [2.75, 3.05) is 47.5 Å². The van der Waals surface area contributed by atoms with E-state index in [2.05, 4.69) is 4.90 Å². The lowest BCUT2D eigenvalue weighted by molar-refractivity contribution is 0.0600. The molecule has 1 saturated heterocycles. The Hall–Kier alpha value is -3.06. The van der Waals surface area contributed by atoms with Crippen molar-refractivity contribution in [1.29, 1.82) is 0 Å². The molecule has 7 heteroatoms. The van der Waals surface area contributed by atoms with Gasteiger partial charge in [-0.3, -0.25) is 9.69 Å². The average molecular weight is 398 g/mol. The summed E-state index contributed by atoms with van der Waals surface area (Å²) in [5.74, 6) is 0.908. The van der Waals surface area contributed by atoms with E-state index in [-0.39, 0.29) is 5.91 Å². The van der Waals surface area contributed by atoms with Gasteiger partial charge in [-0.2, -0.15) is 0 Å². The molecule has 154 valence electrons. The number of benzene rings is 2. The molecule has 0 bridgehead atoms. The van der Waals surface area contributed by atoms with Gasteiger partial charge in [0.2, 0.25) is 0 Å². The minimum atomic E-state index is -0.445. The second-order valence-corrected chi connectivity index (χ2v) is 6.83. The summed E-state index contributed by atoms with van der Waals surface area (Å²) in [4.78, 5) is 28.6. The molecule has 1 fully saturated rings. The van der Waals surface area contributed by atoms with Crippen molar-refractivity contribution in [3.63, 3.8) is 0 Å². The van der Waals surface area contributed by atoms with E-state index in [4.69, 9.17) is 14.2 Å². The lowest BCUT2D eigenvalue weighted by atomic mass is 10.1. The normalized spacial score (nSPS) is 14.4. The molecule has 2 aromatic carbocycles. The summed E-state index contributed by atoms with van der Waals surface area (Å²) >= 11 is 0. The molecule has 1 heterocycles. The fourth-order valence-electron chi connectivity index (χ4n) is 3.43. The number of hydrogen-bond acceptors (Lipinski definition) is 6. The van der Waals surface area contributed by atoms with Crippen molar-refractivity contribution in [3.05, 3.63) is 59.2 Å². The maximum Gasteiger partial charge on any atom is 0.337 e. The Balaban J connectivity index is 1.59. The van der Waals surface area contributed by atoms with E-state index < -0.39 is 5.97 Å². The molecule has 0 N–H and O–H groups in total. The van der Waals surface area contributed by atoms with E-state index in [1.807, 2.05) is 23.1 Å². The molecular weight excluding hydrogens is 372 g/mol. The van der Waals surface area contributed by atoms with Crippen molar-refractivity contribution in [3.8, 4) is 11.5 Å². The molecule has 1 aliphatic heterocycles. The Labute approximate surface area is 170 Å². The molecule has 0 radical (unpaired) electrons. The van der Waals surface area contributed by atoms with Gasteiger partial charge in [0.05, 0.1) is 26.9 Å². The molecule has 0 aromatic heterocycles. The second-order valence-electron chi connectivity index (χ2n) is 6.83. The summed E-state index contributed by atoms with van der Waals surface area (Å²) in [5, 5.41) is 0. The summed E-state index contributed by atoms with van der Waals surface area (Å²) in [7, 11) is 4.57. The van der Waals surface area contributed by atoms with Crippen LogP contribution in [0, 0.1) is 0 Å². The molecule has 0 unspecified atom stereocenters.